The van der Waals surface area contributed by atoms with Crippen LogP contribution in [0.2, 0.25) is 0 Å². The summed E-state index contributed by atoms with van der Waals surface area (Å²) < 4.78 is 4.83. The fourth-order valence-corrected chi connectivity index (χ4v) is 2.25. The van der Waals surface area contributed by atoms with Gasteiger partial charge in [-0.05, 0) is 41.5 Å². The zero-order chi connectivity index (χ0) is 14.9. The lowest BCUT2D eigenvalue weighted by molar-refractivity contribution is -0.123. The first-order valence-electron chi connectivity index (χ1n) is 7.25. The van der Waals surface area contributed by atoms with Crippen LogP contribution >= 0.6 is 0 Å². The molecule has 2 aromatic rings. The lowest BCUT2D eigenvalue weighted by Gasteiger charge is -2.08. The zero-order valence-corrected chi connectivity index (χ0v) is 12.3. The summed E-state index contributed by atoms with van der Waals surface area (Å²) in [5.74, 6) is 0. The molecule has 0 aromatic heterocycles. The number of benzene rings is 2. The lowest BCUT2D eigenvalue weighted by Crippen LogP contribution is -1.92. The maximum atomic E-state index is 10.4. The minimum absolute atomic E-state index is 0.457. The number of carbonyl (C=O) groups excluding carboxylic acids is 1. The van der Waals surface area contributed by atoms with E-state index in [1.54, 1.807) is 6.26 Å². The second-order valence-corrected chi connectivity index (χ2v) is 4.91. The Balaban J connectivity index is 2.07. The Bertz CT molecular complexity index is 583. The normalized spacial score (nSPS) is 11.2. The van der Waals surface area contributed by atoms with Crippen molar-refractivity contribution in [1.82, 2.24) is 0 Å². The highest BCUT2D eigenvalue weighted by Gasteiger charge is 2.03. The van der Waals surface area contributed by atoms with Crippen molar-refractivity contribution in [1.29, 1.82) is 0 Å². The van der Waals surface area contributed by atoms with Gasteiger partial charge in [-0.15, -0.1) is 0 Å². The first-order chi connectivity index (χ1) is 10.3. The van der Waals surface area contributed by atoms with Crippen molar-refractivity contribution in [2.24, 2.45) is 0 Å². The van der Waals surface area contributed by atoms with E-state index in [4.69, 9.17) is 4.74 Å². The Morgan fingerprint density at radius 3 is 2.29 bits per heavy atom. The molecular formula is C19H20O2. The van der Waals surface area contributed by atoms with Gasteiger partial charge in [0.1, 0.15) is 0 Å². The first kappa shape index (κ1) is 15.0. The number of carbonyl (C=O) groups is 1. The Hall–Kier alpha value is -2.35. The number of ether oxygens (including phenoxy) is 1. The highest BCUT2D eigenvalue weighted by molar-refractivity contribution is 5.65. The van der Waals surface area contributed by atoms with Crippen molar-refractivity contribution in [3.05, 3.63) is 77.5 Å². The van der Waals surface area contributed by atoms with Crippen LogP contribution in [0.1, 0.15) is 30.0 Å². The molecule has 0 radical (unpaired) electrons. The van der Waals surface area contributed by atoms with Crippen LogP contribution in [-0.2, 0) is 22.4 Å². The molecule has 2 aromatic carbocycles. The molecule has 108 valence electrons. The van der Waals surface area contributed by atoms with E-state index in [-0.39, 0.29) is 0 Å². The van der Waals surface area contributed by atoms with Crippen molar-refractivity contribution in [3.8, 4) is 0 Å². The van der Waals surface area contributed by atoms with Gasteiger partial charge in [0.05, 0.1) is 6.26 Å². The smallest absolute Gasteiger partial charge is 0.297 e. The molecule has 21 heavy (non-hydrogen) atoms. The molecule has 0 bridgehead atoms. The van der Waals surface area contributed by atoms with Crippen molar-refractivity contribution in [2.45, 2.75) is 26.2 Å². The molecule has 0 saturated heterocycles. The number of rotatable bonds is 7. The maximum absolute atomic E-state index is 10.4. The van der Waals surface area contributed by atoms with Gasteiger partial charge in [-0.25, -0.2) is 0 Å². The van der Waals surface area contributed by atoms with Crippen LogP contribution in [0.5, 0.6) is 0 Å². The molecule has 0 heterocycles. The SMILES string of the molecule is CCc1ccc(CC/C(=C\OC=O)c2ccccc2)cc1. The fourth-order valence-electron chi connectivity index (χ4n) is 2.25. The molecule has 2 heteroatoms. The summed E-state index contributed by atoms with van der Waals surface area (Å²) in [6.07, 6.45) is 4.36. The molecule has 0 atom stereocenters. The van der Waals surface area contributed by atoms with Gasteiger partial charge in [0.2, 0.25) is 0 Å². The highest BCUT2D eigenvalue weighted by atomic mass is 16.5. The van der Waals surface area contributed by atoms with E-state index in [9.17, 15) is 4.79 Å². The van der Waals surface area contributed by atoms with E-state index >= 15 is 0 Å². The van der Waals surface area contributed by atoms with E-state index < -0.39 is 0 Å². The maximum Gasteiger partial charge on any atom is 0.297 e. The number of hydrogen-bond acceptors (Lipinski definition) is 2. The molecule has 0 aliphatic rings. The predicted octanol–water partition coefficient (Wildman–Crippen LogP) is 4.40. The van der Waals surface area contributed by atoms with E-state index in [2.05, 4.69) is 31.2 Å². The summed E-state index contributed by atoms with van der Waals surface area (Å²) in [5.41, 5.74) is 4.76. The summed E-state index contributed by atoms with van der Waals surface area (Å²) in [6, 6.07) is 18.7. The van der Waals surface area contributed by atoms with Gasteiger partial charge < -0.3 is 4.74 Å². The summed E-state index contributed by atoms with van der Waals surface area (Å²) >= 11 is 0. The van der Waals surface area contributed by atoms with Crippen molar-refractivity contribution >= 4 is 12.0 Å². The monoisotopic (exact) mass is 280 g/mol. The third-order valence-electron chi connectivity index (χ3n) is 3.52. The largest absolute Gasteiger partial charge is 0.436 e. The van der Waals surface area contributed by atoms with Gasteiger partial charge >= 0.3 is 0 Å². The second kappa shape index (κ2) is 8.05. The average Bonchev–Trinajstić information content (AvgIpc) is 2.56. The van der Waals surface area contributed by atoms with E-state index in [0.717, 1.165) is 30.4 Å². The van der Waals surface area contributed by atoms with Crippen LogP contribution in [0.25, 0.3) is 5.57 Å². The Kier molecular flexibility index (Phi) is 5.77. The quantitative estimate of drug-likeness (QED) is 0.555. The molecule has 0 fully saturated rings. The second-order valence-electron chi connectivity index (χ2n) is 4.91. The molecular weight excluding hydrogens is 260 g/mol. The van der Waals surface area contributed by atoms with E-state index in [1.165, 1.54) is 11.1 Å². The molecule has 0 N–H and O–H groups in total. The van der Waals surface area contributed by atoms with Gasteiger partial charge in [-0.1, -0.05) is 61.5 Å². The summed E-state index contributed by atoms with van der Waals surface area (Å²) in [5, 5.41) is 0. The molecule has 0 aliphatic carbocycles. The van der Waals surface area contributed by atoms with Crippen LogP contribution < -0.4 is 0 Å². The molecule has 0 saturated carbocycles. The third kappa shape index (κ3) is 4.60. The molecule has 2 nitrogen and oxygen atoms in total. The summed E-state index contributed by atoms with van der Waals surface area (Å²) in [4.78, 5) is 10.4. The van der Waals surface area contributed by atoms with Gasteiger partial charge in [0.25, 0.3) is 6.47 Å². The minimum atomic E-state index is 0.457. The number of aryl methyl sites for hydroxylation is 2. The van der Waals surface area contributed by atoms with Crippen molar-refractivity contribution < 1.29 is 9.53 Å². The van der Waals surface area contributed by atoms with E-state index in [1.807, 2.05) is 30.3 Å². The fraction of sp³-hybridized carbons (Fsp3) is 0.211. The van der Waals surface area contributed by atoms with Gasteiger partial charge in [0.15, 0.2) is 0 Å². The lowest BCUT2D eigenvalue weighted by atomic mass is 9.98. The third-order valence-corrected chi connectivity index (χ3v) is 3.52. The topological polar surface area (TPSA) is 26.3 Å². The van der Waals surface area contributed by atoms with Crippen LogP contribution in [-0.4, -0.2) is 6.47 Å². The van der Waals surface area contributed by atoms with Crippen molar-refractivity contribution in [3.63, 3.8) is 0 Å². The zero-order valence-electron chi connectivity index (χ0n) is 12.3. The standard InChI is InChI=1S/C19H20O2/c1-2-16-8-10-17(11-9-16)12-13-19(14-21-15-20)18-6-4-3-5-7-18/h3-11,14-15H,2,12-13H2,1H3/b19-14+. The molecule has 0 amide bonds. The van der Waals surface area contributed by atoms with Crippen LogP contribution in [0.3, 0.4) is 0 Å². The van der Waals surface area contributed by atoms with Crippen molar-refractivity contribution in [2.75, 3.05) is 0 Å². The Morgan fingerprint density at radius 1 is 1.00 bits per heavy atom. The molecule has 0 unspecified atom stereocenters. The summed E-state index contributed by atoms with van der Waals surface area (Å²) in [7, 11) is 0. The Morgan fingerprint density at radius 2 is 1.67 bits per heavy atom. The Labute approximate surface area is 126 Å². The summed E-state index contributed by atoms with van der Waals surface area (Å²) in [6.45, 7) is 2.61. The molecule has 2 rings (SSSR count). The first-order valence-corrected chi connectivity index (χ1v) is 7.25. The molecule has 0 spiro atoms. The van der Waals surface area contributed by atoms with Gasteiger partial charge in [-0.2, -0.15) is 0 Å². The average molecular weight is 280 g/mol. The van der Waals surface area contributed by atoms with Gasteiger partial charge in [0, 0.05) is 0 Å². The van der Waals surface area contributed by atoms with Crippen LogP contribution in [0.15, 0.2) is 60.9 Å². The number of allylic oxidation sites excluding steroid dienone is 1. The highest BCUT2D eigenvalue weighted by Crippen LogP contribution is 2.20. The molecule has 0 aliphatic heterocycles. The minimum Gasteiger partial charge on any atom is -0.436 e. The van der Waals surface area contributed by atoms with E-state index in [0.29, 0.717) is 6.47 Å². The van der Waals surface area contributed by atoms with Gasteiger partial charge in [-0.3, -0.25) is 4.79 Å². The van der Waals surface area contributed by atoms with Crippen LogP contribution in [0, 0.1) is 0 Å². The van der Waals surface area contributed by atoms with Crippen LogP contribution in [0.4, 0.5) is 0 Å². The number of hydrogen-bond donors (Lipinski definition) is 0. The predicted molar refractivity (Wildman–Crippen MR) is 85.7 cm³/mol.